The predicted octanol–water partition coefficient (Wildman–Crippen LogP) is 0.906. The van der Waals surface area contributed by atoms with Gasteiger partial charge in [-0.15, -0.1) is 0 Å². The molecule has 136 valence electrons. The van der Waals surface area contributed by atoms with E-state index < -0.39 is 22.6 Å². The molecular formula is C18H19N3O5. The number of nitriles is 1. The van der Waals surface area contributed by atoms with Crippen molar-refractivity contribution in [2.24, 2.45) is 0 Å². The van der Waals surface area contributed by atoms with Crippen molar-refractivity contribution < 1.29 is 15.1 Å². The third-order valence-electron chi connectivity index (χ3n) is 4.63. The number of fused-ring (bicyclic) bond motifs is 1. The van der Waals surface area contributed by atoms with Gasteiger partial charge in [0.05, 0.1) is 28.5 Å². The third-order valence-corrected chi connectivity index (χ3v) is 4.63. The Kier molecular flexibility index (Phi) is 3.83. The highest BCUT2D eigenvalue weighted by molar-refractivity contribution is 5.49. The highest BCUT2D eigenvalue weighted by Crippen LogP contribution is 2.47. The Hall–Kier alpha value is -2.89. The van der Waals surface area contributed by atoms with Crippen LogP contribution in [0.1, 0.15) is 48.7 Å². The van der Waals surface area contributed by atoms with Crippen molar-refractivity contribution in [2.45, 2.75) is 45.6 Å². The van der Waals surface area contributed by atoms with Crippen LogP contribution in [0.15, 0.2) is 27.8 Å². The number of hydrogen-bond acceptors (Lipinski definition) is 6. The predicted molar refractivity (Wildman–Crippen MR) is 90.8 cm³/mol. The molecule has 1 unspecified atom stereocenters. The highest BCUT2D eigenvalue weighted by atomic mass is 16.6. The summed E-state index contributed by atoms with van der Waals surface area (Å²) in [7, 11) is 0. The average molecular weight is 357 g/mol. The van der Waals surface area contributed by atoms with Crippen LogP contribution in [0.3, 0.4) is 0 Å². The number of aliphatic hydroxyl groups is 1. The first-order chi connectivity index (χ1) is 12.1. The van der Waals surface area contributed by atoms with Crippen LogP contribution in [-0.2, 0) is 22.7 Å². The number of benzene rings is 1. The molecule has 1 atom stereocenters. The Labute approximate surface area is 149 Å². The lowest BCUT2D eigenvalue weighted by atomic mass is 9.93. The Morgan fingerprint density at radius 2 is 1.96 bits per heavy atom. The van der Waals surface area contributed by atoms with Crippen molar-refractivity contribution in [3.63, 3.8) is 0 Å². The molecule has 0 spiro atoms. The summed E-state index contributed by atoms with van der Waals surface area (Å²) in [4.78, 5) is 24.9. The standard InChI is InChI=1S/C18H19N3O5/c1-5-20-14-13(15(22)21(25)16(20)23)17(3,4)26-18(14,24)12-7-6-10(2)8-11(12)9-19/h6-8,24-25H,5H2,1-4H3. The van der Waals surface area contributed by atoms with Gasteiger partial charge in [-0.3, -0.25) is 9.36 Å². The number of hydrogen-bond donors (Lipinski definition) is 2. The van der Waals surface area contributed by atoms with E-state index >= 15 is 0 Å². The maximum atomic E-state index is 12.5. The first-order valence-electron chi connectivity index (χ1n) is 8.12. The van der Waals surface area contributed by atoms with Gasteiger partial charge in [0.1, 0.15) is 0 Å². The third kappa shape index (κ3) is 2.21. The summed E-state index contributed by atoms with van der Waals surface area (Å²) in [5, 5.41) is 30.8. The van der Waals surface area contributed by atoms with Crippen molar-refractivity contribution in [2.75, 3.05) is 0 Å². The molecule has 1 aliphatic heterocycles. The molecule has 0 saturated carbocycles. The summed E-state index contributed by atoms with van der Waals surface area (Å²) >= 11 is 0. The van der Waals surface area contributed by atoms with Crippen LogP contribution in [0.25, 0.3) is 0 Å². The Morgan fingerprint density at radius 1 is 1.31 bits per heavy atom. The lowest BCUT2D eigenvalue weighted by Gasteiger charge is -2.29. The molecule has 2 N–H and O–H groups in total. The second kappa shape index (κ2) is 5.56. The molecule has 8 heteroatoms. The van der Waals surface area contributed by atoms with Crippen LogP contribution in [0.2, 0.25) is 0 Å². The summed E-state index contributed by atoms with van der Waals surface area (Å²) in [6.45, 7) is 6.62. The fourth-order valence-corrected chi connectivity index (χ4v) is 3.52. The molecule has 2 aromatic rings. The minimum atomic E-state index is -2.18. The average Bonchev–Trinajstić information content (AvgIpc) is 2.79. The van der Waals surface area contributed by atoms with Gasteiger partial charge < -0.3 is 15.1 Å². The van der Waals surface area contributed by atoms with Gasteiger partial charge in [0.2, 0.25) is 5.79 Å². The molecule has 0 fully saturated rings. The fourth-order valence-electron chi connectivity index (χ4n) is 3.52. The van der Waals surface area contributed by atoms with E-state index in [0.29, 0.717) is 0 Å². The molecule has 3 rings (SSSR count). The van der Waals surface area contributed by atoms with Gasteiger partial charge in [-0.05, 0) is 39.3 Å². The maximum absolute atomic E-state index is 12.5. The number of nitrogens with zero attached hydrogens (tertiary/aromatic N) is 3. The van der Waals surface area contributed by atoms with E-state index in [9.17, 15) is 25.2 Å². The zero-order valence-electron chi connectivity index (χ0n) is 14.9. The highest BCUT2D eigenvalue weighted by Gasteiger charge is 2.54. The van der Waals surface area contributed by atoms with Crippen LogP contribution in [0.4, 0.5) is 0 Å². The van der Waals surface area contributed by atoms with Crippen molar-refractivity contribution in [1.29, 1.82) is 5.26 Å². The van der Waals surface area contributed by atoms with Gasteiger partial charge >= 0.3 is 5.69 Å². The molecule has 0 bridgehead atoms. The number of aromatic nitrogens is 2. The van der Waals surface area contributed by atoms with Crippen molar-refractivity contribution >= 4 is 0 Å². The Morgan fingerprint density at radius 3 is 2.54 bits per heavy atom. The van der Waals surface area contributed by atoms with E-state index in [4.69, 9.17) is 4.74 Å². The SMILES string of the molecule is CCn1c2c(c(=O)n(O)c1=O)C(C)(C)OC2(O)c1ccc(C)cc1C#N. The van der Waals surface area contributed by atoms with Crippen LogP contribution in [-0.4, -0.2) is 19.6 Å². The monoisotopic (exact) mass is 357 g/mol. The summed E-state index contributed by atoms with van der Waals surface area (Å²) in [6, 6.07) is 6.84. The van der Waals surface area contributed by atoms with Gasteiger partial charge in [-0.2, -0.15) is 5.26 Å². The molecule has 1 aromatic carbocycles. The molecule has 1 aromatic heterocycles. The fraction of sp³-hybridized carbons (Fsp3) is 0.389. The molecule has 26 heavy (non-hydrogen) atoms. The smallest absolute Gasteiger partial charge is 0.364 e. The minimum absolute atomic E-state index is 0.0134. The van der Waals surface area contributed by atoms with E-state index in [1.54, 1.807) is 39.8 Å². The summed E-state index contributed by atoms with van der Waals surface area (Å²) in [5.41, 5.74) is -2.23. The first-order valence-corrected chi connectivity index (χ1v) is 8.12. The number of ether oxygens (including phenoxy) is 1. The quantitative estimate of drug-likeness (QED) is 0.771. The summed E-state index contributed by atoms with van der Waals surface area (Å²) < 4.78 is 6.92. The van der Waals surface area contributed by atoms with Gasteiger partial charge in [0.15, 0.2) is 0 Å². The zero-order valence-corrected chi connectivity index (χ0v) is 14.9. The molecule has 1 aliphatic rings. The van der Waals surface area contributed by atoms with E-state index in [1.165, 1.54) is 6.07 Å². The number of rotatable bonds is 2. The van der Waals surface area contributed by atoms with E-state index in [-0.39, 0.29) is 33.7 Å². The first kappa shape index (κ1) is 17.9. The molecule has 0 saturated heterocycles. The summed E-state index contributed by atoms with van der Waals surface area (Å²) in [5.74, 6) is -2.18. The van der Waals surface area contributed by atoms with Gasteiger partial charge in [0.25, 0.3) is 5.56 Å². The van der Waals surface area contributed by atoms with Gasteiger partial charge in [-0.25, -0.2) is 4.79 Å². The topological polar surface area (TPSA) is 117 Å². The largest absolute Gasteiger partial charge is 0.421 e. The molecular weight excluding hydrogens is 338 g/mol. The van der Waals surface area contributed by atoms with Crippen LogP contribution >= 0.6 is 0 Å². The van der Waals surface area contributed by atoms with Crippen LogP contribution in [0.5, 0.6) is 0 Å². The van der Waals surface area contributed by atoms with Crippen LogP contribution < -0.4 is 11.2 Å². The molecule has 2 heterocycles. The Bertz CT molecular complexity index is 1070. The van der Waals surface area contributed by atoms with Crippen LogP contribution in [0, 0.1) is 18.3 Å². The second-order valence-electron chi connectivity index (χ2n) is 6.78. The van der Waals surface area contributed by atoms with Gasteiger partial charge in [-0.1, -0.05) is 16.9 Å². The van der Waals surface area contributed by atoms with Gasteiger partial charge in [0, 0.05) is 12.1 Å². The molecule has 0 radical (unpaired) electrons. The molecule has 0 amide bonds. The maximum Gasteiger partial charge on any atom is 0.364 e. The summed E-state index contributed by atoms with van der Waals surface area (Å²) in [6.07, 6.45) is 0. The van der Waals surface area contributed by atoms with E-state index in [0.717, 1.165) is 10.1 Å². The second-order valence-corrected chi connectivity index (χ2v) is 6.78. The number of aryl methyl sites for hydroxylation is 1. The lowest BCUT2D eigenvalue weighted by Crippen LogP contribution is -2.45. The van der Waals surface area contributed by atoms with Crippen molar-refractivity contribution in [3.8, 4) is 6.07 Å². The zero-order chi connectivity index (χ0) is 19.4. The molecule has 8 nitrogen and oxygen atoms in total. The Balaban J connectivity index is 2.50. The minimum Gasteiger partial charge on any atom is -0.421 e. The molecule has 0 aliphatic carbocycles. The van der Waals surface area contributed by atoms with Crippen molar-refractivity contribution in [3.05, 3.63) is 67.0 Å². The van der Waals surface area contributed by atoms with Crippen molar-refractivity contribution in [1.82, 2.24) is 9.30 Å². The van der Waals surface area contributed by atoms with E-state index in [2.05, 4.69) is 0 Å². The normalized spacial score (nSPS) is 20.6. The lowest BCUT2D eigenvalue weighted by molar-refractivity contribution is -0.225. The van der Waals surface area contributed by atoms with E-state index in [1.807, 2.05) is 6.07 Å².